The van der Waals surface area contributed by atoms with E-state index in [4.69, 9.17) is 9.84 Å². The van der Waals surface area contributed by atoms with Gasteiger partial charge in [-0.2, -0.15) is 0 Å². The van der Waals surface area contributed by atoms with Gasteiger partial charge in [0, 0.05) is 10.0 Å². The molecule has 112 valence electrons. The van der Waals surface area contributed by atoms with E-state index in [1.54, 1.807) is 19.9 Å². The number of carbonyl (C=O) groups excluding carboxylic acids is 1. The molecular formula is C15H16BrNO4. The molecule has 6 heteroatoms. The van der Waals surface area contributed by atoms with Crippen molar-refractivity contribution in [3.8, 4) is 5.75 Å². The zero-order valence-corrected chi connectivity index (χ0v) is 13.3. The fourth-order valence-electron chi connectivity index (χ4n) is 2.03. The molecule has 1 atom stereocenters. The molecule has 1 aromatic rings. The van der Waals surface area contributed by atoms with Gasteiger partial charge in [0.05, 0.1) is 5.57 Å². The van der Waals surface area contributed by atoms with Crippen LogP contribution >= 0.6 is 15.9 Å². The maximum absolute atomic E-state index is 12.2. The van der Waals surface area contributed by atoms with E-state index in [0.717, 1.165) is 10.0 Å². The van der Waals surface area contributed by atoms with Gasteiger partial charge in [-0.15, -0.1) is 0 Å². The van der Waals surface area contributed by atoms with Crippen molar-refractivity contribution in [2.45, 2.75) is 19.9 Å². The molecule has 1 aromatic carbocycles. The number of hydrogen-bond donors (Lipinski definition) is 2. The molecule has 21 heavy (non-hydrogen) atoms. The van der Waals surface area contributed by atoms with Crippen LogP contribution in [0.5, 0.6) is 5.75 Å². The van der Waals surface area contributed by atoms with Gasteiger partial charge in [-0.05, 0) is 30.2 Å². The van der Waals surface area contributed by atoms with Gasteiger partial charge in [-0.3, -0.25) is 4.79 Å². The Hall–Kier alpha value is -1.82. The number of carboxylic acid groups (broad SMARTS) is 1. The van der Waals surface area contributed by atoms with Gasteiger partial charge < -0.3 is 15.2 Å². The first-order valence-electron chi connectivity index (χ1n) is 6.55. The fraction of sp³-hybridized carbons (Fsp3) is 0.333. The Morgan fingerprint density at radius 1 is 1.38 bits per heavy atom. The minimum Gasteiger partial charge on any atom is -0.488 e. The van der Waals surface area contributed by atoms with Crippen molar-refractivity contribution in [3.05, 3.63) is 33.8 Å². The van der Waals surface area contributed by atoms with Crippen molar-refractivity contribution < 1.29 is 19.4 Å². The second-order valence-corrected chi connectivity index (χ2v) is 6.09. The van der Waals surface area contributed by atoms with E-state index in [1.807, 2.05) is 18.2 Å². The first-order chi connectivity index (χ1) is 9.88. The molecule has 0 bridgehead atoms. The maximum atomic E-state index is 12.2. The van der Waals surface area contributed by atoms with Gasteiger partial charge in [0.25, 0.3) is 5.91 Å². The lowest BCUT2D eigenvalue weighted by Crippen LogP contribution is -2.45. The highest BCUT2D eigenvalue weighted by molar-refractivity contribution is 9.10. The standard InChI is InChI=1S/C15H16BrNO4/c1-8(2)13(15(19)20)17-14(18)10-5-9-6-11(16)3-4-12(9)21-7-10/h3-6,8,13H,7H2,1-2H3,(H,17,18)(H,19,20). The summed E-state index contributed by atoms with van der Waals surface area (Å²) >= 11 is 3.36. The Balaban J connectivity index is 2.19. The summed E-state index contributed by atoms with van der Waals surface area (Å²) in [5.41, 5.74) is 1.20. The van der Waals surface area contributed by atoms with Crippen molar-refractivity contribution in [1.82, 2.24) is 5.32 Å². The number of carboxylic acids is 1. The molecular weight excluding hydrogens is 338 g/mol. The number of halogens is 1. The van der Waals surface area contributed by atoms with Crippen LogP contribution in [0.25, 0.3) is 6.08 Å². The number of carbonyl (C=O) groups is 2. The van der Waals surface area contributed by atoms with Crippen molar-refractivity contribution >= 4 is 33.9 Å². The predicted octanol–water partition coefficient (Wildman–Crippen LogP) is 2.45. The van der Waals surface area contributed by atoms with Gasteiger partial charge in [0.2, 0.25) is 0 Å². The van der Waals surface area contributed by atoms with Crippen LogP contribution in [-0.2, 0) is 9.59 Å². The van der Waals surface area contributed by atoms with Gasteiger partial charge in [-0.1, -0.05) is 29.8 Å². The highest BCUT2D eigenvalue weighted by atomic mass is 79.9. The Labute approximate surface area is 131 Å². The lowest BCUT2D eigenvalue weighted by Gasteiger charge is -2.21. The maximum Gasteiger partial charge on any atom is 0.326 e. The number of hydrogen-bond acceptors (Lipinski definition) is 3. The summed E-state index contributed by atoms with van der Waals surface area (Å²) < 4.78 is 6.40. The molecule has 0 saturated heterocycles. The summed E-state index contributed by atoms with van der Waals surface area (Å²) in [7, 11) is 0. The largest absolute Gasteiger partial charge is 0.488 e. The Bertz CT molecular complexity index is 610. The van der Waals surface area contributed by atoms with Crippen LogP contribution in [0.3, 0.4) is 0 Å². The molecule has 1 heterocycles. The predicted molar refractivity (Wildman–Crippen MR) is 82.0 cm³/mol. The molecule has 1 unspecified atom stereocenters. The Kier molecular flexibility index (Phi) is 4.67. The number of benzene rings is 1. The van der Waals surface area contributed by atoms with Crippen LogP contribution in [0, 0.1) is 5.92 Å². The summed E-state index contributed by atoms with van der Waals surface area (Å²) in [6.45, 7) is 3.62. The van der Waals surface area contributed by atoms with Gasteiger partial charge in [-0.25, -0.2) is 4.79 Å². The Morgan fingerprint density at radius 2 is 2.10 bits per heavy atom. The number of rotatable bonds is 4. The third kappa shape index (κ3) is 3.64. The number of amides is 1. The second-order valence-electron chi connectivity index (χ2n) is 5.17. The van der Waals surface area contributed by atoms with Crippen LogP contribution in [-0.4, -0.2) is 29.6 Å². The van der Waals surface area contributed by atoms with Crippen LogP contribution in [0.15, 0.2) is 28.2 Å². The van der Waals surface area contributed by atoms with E-state index in [1.165, 1.54) is 0 Å². The fourth-order valence-corrected chi connectivity index (χ4v) is 2.41. The first kappa shape index (κ1) is 15.6. The minimum atomic E-state index is -1.04. The zero-order chi connectivity index (χ0) is 15.6. The van der Waals surface area contributed by atoms with Crippen molar-refractivity contribution in [1.29, 1.82) is 0 Å². The Morgan fingerprint density at radius 3 is 2.71 bits per heavy atom. The third-order valence-corrected chi connectivity index (χ3v) is 3.69. The topological polar surface area (TPSA) is 75.6 Å². The van der Waals surface area contributed by atoms with Crippen LogP contribution in [0.2, 0.25) is 0 Å². The van der Waals surface area contributed by atoms with E-state index in [0.29, 0.717) is 11.3 Å². The number of fused-ring (bicyclic) bond motifs is 1. The number of aliphatic carboxylic acids is 1. The number of nitrogens with one attached hydrogen (secondary N) is 1. The molecule has 2 rings (SSSR count). The van der Waals surface area contributed by atoms with Crippen molar-refractivity contribution in [3.63, 3.8) is 0 Å². The van der Waals surface area contributed by atoms with E-state index in [-0.39, 0.29) is 12.5 Å². The minimum absolute atomic E-state index is 0.130. The quantitative estimate of drug-likeness (QED) is 0.871. The summed E-state index contributed by atoms with van der Waals surface area (Å²) in [5, 5.41) is 11.6. The normalized spacial score (nSPS) is 14.8. The van der Waals surface area contributed by atoms with Gasteiger partial charge >= 0.3 is 5.97 Å². The van der Waals surface area contributed by atoms with Crippen LogP contribution in [0.4, 0.5) is 0 Å². The lowest BCUT2D eigenvalue weighted by molar-refractivity contribution is -0.142. The highest BCUT2D eigenvalue weighted by Crippen LogP contribution is 2.29. The second kappa shape index (κ2) is 6.30. The van der Waals surface area contributed by atoms with E-state index >= 15 is 0 Å². The molecule has 5 nitrogen and oxygen atoms in total. The van der Waals surface area contributed by atoms with Gasteiger partial charge in [0.1, 0.15) is 18.4 Å². The van der Waals surface area contributed by atoms with Crippen LogP contribution in [0.1, 0.15) is 19.4 Å². The summed E-state index contributed by atoms with van der Waals surface area (Å²) in [6.07, 6.45) is 1.72. The molecule has 0 aliphatic carbocycles. The lowest BCUT2D eigenvalue weighted by atomic mass is 10.0. The van der Waals surface area contributed by atoms with Crippen LogP contribution < -0.4 is 10.1 Å². The first-order valence-corrected chi connectivity index (χ1v) is 7.34. The van der Waals surface area contributed by atoms with Crippen molar-refractivity contribution in [2.24, 2.45) is 5.92 Å². The third-order valence-electron chi connectivity index (χ3n) is 3.20. The summed E-state index contributed by atoms with van der Waals surface area (Å²) in [5.74, 6) is -0.952. The zero-order valence-electron chi connectivity index (χ0n) is 11.7. The molecule has 1 aliphatic rings. The van der Waals surface area contributed by atoms with E-state index in [9.17, 15) is 9.59 Å². The highest BCUT2D eigenvalue weighted by Gasteiger charge is 2.26. The molecule has 0 radical (unpaired) electrons. The van der Waals surface area contributed by atoms with E-state index in [2.05, 4.69) is 21.2 Å². The summed E-state index contributed by atoms with van der Waals surface area (Å²) in [4.78, 5) is 23.3. The molecule has 0 fully saturated rings. The van der Waals surface area contributed by atoms with Crippen molar-refractivity contribution in [2.75, 3.05) is 6.61 Å². The molecule has 2 N–H and O–H groups in total. The average Bonchev–Trinajstić information content (AvgIpc) is 2.42. The smallest absolute Gasteiger partial charge is 0.326 e. The monoisotopic (exact) mass is 353 g/mol. The molecule has 1 aliphatic heterocycles. The van der Waals surface area contributed by atoms with E-state index < -0.39 is 17.9 Å². The molecule has 0 spiro atoms. The summed E-state index contributed by atoms with van der Waals surface area (Å²) in [6, 6.07) is 4.61. The molecule has 0 saturated carbocycles. The average molecular weight is 354 g/mol. The number of ether oxygens (including phenoxy) is 1. The molecule has 1 amide bonds. The van der Waals surface area contributed by atoms with Gasteiger partial charge in [0.15, 0.2) is 0 Å². The SMILES string of the molecule is CC(C)C(NC(=O)C1=Cc2cc(Br)ccc2OC1)C(=O)O. The molecule has 0 aromatic heterocycles.